The summed E-state index contributed by atoms with van der Waals surface area (Å²) in [7, 11) is -3.04. The lowest BCUT2D eigenvalue weighted by Crippen LogP contribution is -2.17. The maximum absolute atomic E-state index is 12.4. The Kier molecular flexibility index (Phi) is 7.45. The normalized spacial score (nSPS) is 12.6. The minimum absolute atomic E-state index is 0.0542. The van der Waals surface area contributed by atoms with E-state index in [9.17, 15) is 26.4 Å². The fraction of sp³-hybridized carbons (Fsp3) is 0.588. The van der Waals surface area contributed by atoms with Crippen molar-refractivity contribution in [3.8, 4) is 0 Å². The number of hydrogen-bond acceptors (Lipinski definition) is 3. The monoisotopic (exact) mass is 364 g/mol. The average molecular weight is 364 g/mol. The minimum Gasteiger partial charge on any atom is -0.299 e. The number of halogens is 3. The van der Waals surface area contributed by atoms with Gasteiger partial charge in [-0.1, -0.05) is 18.6 Å². The van der Waals surface area contributed by atoms with Gasteiger partial charge in [0, 0.05) is 12.8 Å². The summed E-state index contributed by atoms with van der Waals surface area (Å²) >= 11 is 0. The third-order valence-corrected chi connectivity index (χ3v) is 6.08. The summed E-state index contributed by atoms with van der Waals surface area (Å²) in [4.78, 5) is 11.8. The van der Waals surface area contributed by atoms with Crippen LogP contribution in [-0.2, 0) is 27.2 Å². The smallest absolute Gasteiger partial charge is 0.299 e. The summed E-state index contributed by atoms with van der Waals surface area (Å²) in [6.45, 7) is 3.28. The molecule has 0 aromatic heterocycles. The Balaban J connectivity index is 2.32. The summed E-state index contributed by atoms with van der Waals surface area (Å²) in [5, 5.41) is -0.390. The van der Waals surface area contributed by atoms with Crippen LogP contribution in [0.25, 0.3) is 0 Å². The van der Waals surface area contributed by atoms with E-state index in [-0.39, 0.29) is 23.2 Å². The number of alkyl halides is 3. The standard InChI is InChI=1S/C17H23F3O3S/c1-13(2)24(22,23)11-5-3-4-6-16(21)12-14-7-9-15(10-8-14)17(18,19)20/h7-10,13H,3-6,11-12H2,1-2H3. The molecule has 0 bridgehead atoms. The van der Waals surface area contributed by atoms with Gasteiger partial charge in [-0.3, -0.25) is 4.79 Å². The van der Waals surface area contributed by atoms with Crippen LogP contribution in [0.5, 0.6) is 0 Å². The Hall–Kier alpha value is -1.37. The molecule has 0 amide bonds. The van der Waals surface area contributed by atoms with Gasteiger partial charge in [-0.2, -0.15) is 13.2 Å². The predicted molar refractivity (Wildman–Crippen MR) is 87.5 cm³/mol. The summed E-state index contributed by atoms with van der Waals surface area (Å²) in [6, 6.07) is 4.57. The van der Waals surface area contributed by atoms with E-state index >= 15 is 0 Å². The molecule has 3 nitrogen and oxygen atoms in total. The molecule has 0 aliphatic rings. The molecule has 24 heavy (non-hydrogen) atoms. The topological polar surface area (TPSA) is 51.2 Å². The van der Waals surface area contributed by atoms with Crippen LogP contribution in [0, 0.1) is 0 Å². The minimum atomic E-state index is -4.38. The molecular formula is C17H23F3O3S. The van der Waals surface area contributed by atoms with E-state index in [1.54, 1.807) is 13.8 Å². The van der Waals surface area contributed by atoms with Crippen LogP contribution in [0.2, 0.25) is 0 Å². The molecule has 0 unspecified atom stereocenters. The number of sulfone groups is 1. The quantitative estimate of drug-likeness (QED) is 0.617. The number of unbranched alkanes of at least 4 members (excludes halogenated alkanes) is 2. The highest BCUT2D eigenvalue weighted by atomic mass is 32.2. The number of rotatable bonds is 9. The van der Waals surface area contributed by atoms with Crippen molar-refractivity contribution >= 4 is 15.6 Å². The lowest BCUT2D eigenvalue weighted by Gasteiger charge is -2.08. The van der Waals surface area contributed by atoms with Crippen LogP contribution < -0.4 is 0 Å². The number of ketones is 1. The second-order valence-electron chi connectivity index (χ2n) is 6.14. The molecule has 0 fully saturated rings. The van der Waals surface area contributed by atoms with Gasteiger partial charge in [0.25, 0.3) is 0 Å². The number of carbonyl (C=O) groups excluding carboxylic acids is 1. The second-order valence-corrected chi connectivity index (χ2v) is 8.81. The number of Topliss-reactive ketones (excluding diaryl/α,β-unsaturated/α-hetero) is 1. The van der Waals surface area contributed by atoms with E-state index in [1.165, 1.54) is 12.1 Å². The van der Waals surface area contributed by atoms with E-state index in [1.807, 2.05) is 0 Å². The van der Waals surface area contributed by atoms with E-state index in [2.05, 4.69) is 0 Å². The molecule has 0 aliphatic heterocycles. The zero-order valence-electron chi connectivity index (χ0n) is 13.9. The first-order valence-electron chi connectivity index (χ1n) is 7.92. The Morgan fingerprint density at radius 3 is 2.12 bits per heavy atom. The van der Waals surface area contributed by atoms with Gasteiger partial charge >= 0.3 is 6.18 Å². The van der Waals surface area contributed by atoms with Crippen molar-refractivity contribution in [2.24, 2.45) is 0 Å². The first kappa shape index (κ1) is 20.7. The Morgan fingerprint density at radius 1 is 1.04 bits per heavy atom. The Labute approximate surface area is 141 Å². The van der Waals surface area contributed by atoms with Gasteiger partial charge in [-0.25, -0.2) is 8.42 Å². The number of hydrogen-bond donors (Lipinski definition) is 0. The summed E-state index contributed by atoms with van der Waals surface area (Å²) in [5.74, 6) is 0.0686. The highest BCUT2D eigenvalue weighted by Gasteiger charge is 2.29. The lowest BCUT2D eigenvalue weighted by atomic mass is 10.0. The fourth-order valence-electron chi connectivity index (χ4n) is 2.17. The SMILES string of the molecule is CC(C)S(=O)(=O)CCCCCC(=O)Cc1ccc(C(F)(F)F)cc1. The number of carbonyl (C=O) groups is 1. The van der Waals surface area contributed by atoms with Crippen LogP contribution >= 0.6 is 0 Å². The van der Waals surface area contributed by atoms with Crippen LogP contribution in [0.1, 0.15) is 50.7 Å². The van der Waals surface area contributed by atoms with Crippen molar-refractivity contribution < 1.29 is 26.4 Å². The summed E-state index contributed by atoms with van der Waals surface area (Å²) in [5.41, 5.74) is -0.180. The van der Waals surface area contributed by atoms with E-state index in [0.29, 0.717) is 31.2 Å². The molecule has 0 atom stereocenters. The lowest BCUT2D eigenvalue weighted by molar-refractivity contribution is -0.137. The Morgan fingerprint density at radius 2 is 1.62 bits per heavy atom. The van der Waals surface area contributed by atoms with Crippen molar-refractivity contribution in [1.82, 2.24) is 0 Å². The van der Waals surface area contributed by atoms with Gasteiger partial charge in [0.2, 0.25) is 0 Å². The predicted octanol–water partition coefficient (Wildman–Crippen LogP) is 4.20. The third-order valence-electron chi connectivity index (χ3n) is 3.79. The van der Waals surface area contributed by atoms with Crippen LogP contribution in [-0.4, -0.2) is 25.2 Å². The molecule has 0 aliphatic carbocycles. The number of benzene rings is 1. The average Bonchev–Trinajstić information content (AvgIpc) is 2.46. The molecule has 0 saturated carbocycles. The molecule has 7 heteroatoms. The van der Waals surface area contributed by atoms with E-state index < -0.39 is 21.6 Å². The first-order valence-corrected chi connectivity index (χ1v) is 9.63. The molecule has 0 spiro atoms. The van der Waals surface area contributed by atoms with Crippen LogP contribution in [0.3, 0.4) is 0 Å². The van der Waals surface area contributed by atoms with Crippen molar-refractivity contribution in [3.05, 3.63) is 35.4 Å². The first-order chi connectivity index (χ1) is 11.0. The zero-order chi connectivity index (χ0) is 18.4. The molecule has 1 aromatic carbocycles. The van der Waals surface area contributed by atoms with E-state index in [4.69, 9.17) is 0 Å². The maximum Gasteiger partial charge on any atom is 0.416 e. The van der Waals surface area contributed by atoms with Crippen molar-refractivity contribution in [2.45, 2.75) is 57.4 Å². The molecule has 1 rings (SSSR count). The molecule has 0 radical (unpaired) electrons. The largest absolute Gasteiger partial charge is 0.416 e. The van der Waals surface area contributed by atoms with Gasteiger partial charge in [0.15, 0.2) is 9.84 Å². The highest BCUT2D eigenvalue weighted by Crippen LogP contribution is 2.29. The van der Waals surface area contributed by atoms with Gasteiger partial charge < -0.3 is 0 Å². The molecule has 136 valence electrons. The summed E-state index contributed by atoms with van der Waals surface area (Å²) < 4.78 is 60.6. The van der Waals surface area contributed by atoms with Gasteiger partial charge in [0.05, 0.1) is 16.6 Å². The van der Waals surface area contributed by atoms with Crippen molar-refractivity contribution in [1.29, 1.82) is 0 Å². The zero-order valence-corrected chi connectivity index (χ0v) is 14.7. The van der Waals surface area contributed by atoms with Gasteiger partial charge in [0.1, 0.15) is 5.78 Å². The maximum atomic E-state index is 12.4. The van der Waals surface area contributed by atoms with Gasteiger partial charge in [-0.05, 0) is 44.4 Å². The fourth-order valence-corrected chi connectivity index (χ4v) is 3.24. The van der Waals surface area contributed by atoms with Crippen LogP contribution in [0.15, 0.2) is 24.3 Å². The van der Waals surface area contributed by atoms with Gasteiger partial charge in [-0.15, -0.1) is 0 Å². The van der Waals surface area contributed by atoms with Crippen molar-refractivity contribution in [3.63, 3.8) is 0 Å². The molecule has 0 N–H and O–H groups in total. The van der Waals surface area contributed by atoms with E-state index in [0.717, 1.165) is 12.1 Å². The molecule has 0 heterocycles. The van der Waals surface area contributed by atoms with Crippen molar-refractivity contribution in [2.75, 3.05) is 5.75 Å². The highest BCUT2D eigenvalue weighted by molar-refractivity contribution is 7.91. The molecule has 0 saturated heterocycles. The molecule has 1 aromatic rings. The second kappa shape index (κ2) is 8.65. The third kappa shape index (κ3) is 7.03. The molecular weight excluding hydrogens is 341 g/mol. The summed E-state index contributed by atoms with van der Waals surface area (Å²) in [6.07, 6.45) is -2.21. The Bertz CT molecular complexity index is 632. The van der Waals surface area contributed by atoms with Crippen LogP contribution in [0.4, 0.5) is 13.2 Å².